The average Bonchev–Trinajstić information content (AvgIpc) is 3.01. The Morgan fingerprint density at radius 3 is 2.79 bits per heavy atom. The summed E-state index contributed by atoms with van der Waals surface area (Å²) in [4.78, 5) is 15.7. The highest BCUT2D eigenvalue weighted by molar-refractivity contribution is 7.09. The fourth-order valence-electron chi connectivity index (χ4n) is 2.94. The van der Waals surface area contributed by atoms with Gasteiger partial charge in [0.15, 0.2) is 0 Å². The minimum absolute atomic E-state index is 0.466. The molecule has 0 amide bonds. The Hall–Kier alpha value is -1.76. The van der Waals surface area contributed by atoms with Crippen molar-refractivity contribution in [3.63, 3.8) is 0 Å². The van der Waals surface area contributed by atoms with Crippen molar-refractivity contribution < 1.29 is 0 Å². The van der Waals surface area contributed by atoms with Crippen LogP contribution in [0.25, 0.3) is 0 Å². The molecule has 0 radical (unpaired) electrons. The van der Waals surface area contributed by atoms with E-state index in [0.29, 0.717) is 12.0 Å². The first-order valence-corrected chi connectivity index (χ1v) is 9.56. The minimum atomic E-state index is 0.466. The lowest BCUT2D eigenvalue weighted by molar-refractivity contribution is 0.522. The van der Waals surface area contributed by atoms with Crippen LogP contribution in [0, 0.1) is 5.92 Å². The molecule has 3 heterocycles. The third kappa shape index (κ3) is 4.41. The first-order valence-electron chi connectivity index (χ1n) is 8.79. The SMILES string of the molecule is CCc1cc(N2CCC(Nc3nc(CC(C)C)ns3)CC2)ncn1. The van der Waals surface area contributed by atoms with E-state index < -0.39 is 0 Å². The maximum atomic E-state index is 4.61. The third-order valence-corrected chi connectivity index (χ3v) is 4.96. The van der Waals surface area contributed by atoms with Crippen molar-refractivity contribution in [2.45, 2.75) is 52.5 Å². The smallest absolute Gasteiger partial charge is 0.202 e. The molecular formula is C17H26N6S. The number of nitrogens with one attached hydrogen (secondary N) is 1. The summed E-state index contributed by atoms with van der Waals surface area (Å²) in [6.07, 6.45) is 5.75. The predicted octanol–water partition coefficient (Wildman–Crippen LogP) is 3.17. The van der Waals surface area contributed by atoms with Gasteiger partial charge >= 0.3 is 0 Å². The Bertz CT molecular complexity index is 648. The number of aromatic nitrogens is 4. The molecule has 0 unspecified atom stereocenters. The lowest BCUT2D eigenvalue weighted by atomic mass is 10.1. The first-order chi connectivity index (χ1) is 11.6. The summed E-state index contributed by atoms with van der Waals surface area (Å²) in [6.45, 7) is 8.53. The molecule has 1 fully saturated rings. The number of aryl methyl sites for hydroxylation is 1. The zero-order valence-electron chi connectivity index (χ0n) is 14.7. The number of anilines is 2. The van der Waals surface area contributed by atoms with Gasteiger partial charge in [0.1, 0.15) is 18.0 Å². The second-order valence-corrected chi connectivity index (χ2v) is 7.49. The Labute approximate surface area is 147 Å². The largest absolute Gasteiger partial charge is 0.357 e. The summed E-state index contributed by atoms with van der Waals surface area (Å²) < 4.78 is 4.44. The standard InChI is InChI=1S/C17H26N6S/c1-4-13-10-16(19-11-18-13)23-7-5-14(6-8-23)20-17-21-15(22-24-17)9-12(2)3/h10-12,14H,4-9H2,1-3H3,(H,20,21,22). The molecule has 0 saturated carbocycles. The number of nitrogens with zero attached hydrogens (tertiary/aromatic N) is 5. The number of rotatable bonds is 6. The molecule has 24 heavy (non-hydrogen) atoms. The van der Waals surface area contributed by atoms with Crippen LogP contribution in [0.3, 0.4) is 0 Å². The molecule has 1 N–H and O–H groups in total. The van der Waals surface area contributed by atoms with Crippen LogP contribution in [0.2, 0.25) is 0 Å². The molecule has 0 bridgehead atoms. The zero-order chi connectivity index (χ0) is 16.9. The Kier molecular flexibility index (Phi) is 5.60. The van der Waals surface area contributed by atoms with Crippen LogP contribution in [0.1, 0.15) is 45.1 Å². The highest BCUT2D eigenvalue weighted by atomic mass is 32.1. The van der Waals surface area contributed by atoms with Crippen molar-refractivity contribution in [1.82, 2.24) is 19.3 Å². The molecule has 2 aromatic heterocycles. The van der Waals surface area contributed by atoms with Crippen LogP contribution in [0.15, 0.2) is 12.4 Å². The van der Waals surface area contributed by atoms with Crippen molar-refractivity contribution in [3.05, 3.63) is 23.9 Å². The van der Waals surface area contributed by atoms with E-state index in [1.54, 1.807) is 6.33 Å². The van der Waals surface area contributed by atoms with E-state index >= 15 is 0 Å². The van der Waals surface area contributed by atoms with Gasteiger partial charge in [0.2, 0.25) is 5.13 Å². The molecule has 6 nitrogen and oxygen atoms in total. The van der Waals surface area contributed by atoms with Gasteiger partial charge in [-0.3, -0.25) is 0 Å². The Morgan fingerprint density at radius 1 is 1.29 bits per heavy atom. The lowest BCUT2D eigenvalue weighted by Crippen LogP contribution is -2.39. The molecule has 2 aromatic rings. The molecule has 130 valence electrons. The maximum Gasteiger partial charge on any atom is 0.202 e. The van der Waals surface area contributed by atoms with E-state index in [4.69, 9.17) is 0 Å². The summed E-state index contributed by atoms with van der Waals surface area (Å²) in [5.41, 5.74) is 1.10. The van der Waals surface area contributed by atoms with E-state index in [1.165, 1.54) is 11.5 Å². The van der Waals surface area contributed by atoms with Gasteiger partial charge in [-0.25, -0.2) is 15.0 Å². The molecule has 7 heteroatoms. The number of piperidine rings is 1. The summed E-state index contributed by atoms with van der Waals surface area (Å²) >= 11 is 1.48. The predicted molar refractivity (Wildman–Crippen MR) is 98.7 cm³/mol. The molecule has 3 rings (SSSR count). The molecule has 1 aliphatic rings. The summed E-state index contributed by atoms with van der Waals surface area (Å²) in [7, 11) is 0. The van der Waals surface area contributed by atoms with Gasteiger partial charge in [-0.15, -0.1) is 0 Å². The monoisotopic (exact) mass is 346 g/mol. The first kappa shape index (κ1) is 17.1. The fraction of sp³-hybridized carbons (Fsp3) is 0.647. The van der Waals surface area contributed by atoms with E-state index in [-0.39, 0.29) is 0 Å². The van der Waals surface area contributed by atoms with Gasteiger partial charge in [0.25, 0.3) is 0 Å². The van der Waals surface area contributed by atoms with Gasteiger partial charge in [-0.1, -0.05) is 20.8 Å². The van der Waals surface area contributed by atoms with Gasteiger partial charge in [-0.05, 0) is 25.2 Å². The lowest BCUT2D eigenvalue weighted by Gasteiger charge is -2.33. The van der Waals surface area contributed by atoms with Crippen molar-refractivity contribution in [1.29, 1.82) is 0 Å². The van der Waals surface area contributed by atoms with Gasteiger partial charge < -0.3 is 10.2 Å². The second kappa shape index (κ2) is 7.88. The number of hydrogen-bond donors (Lipinski definition) is 1. The van der Waals surface area contributed by atoms with Gasteiger partial charge in [0.05, 0.1) is 0 Å². The van der Waals surface area contributed by atoms with E-state index in [2.05, 4.69) is 56.4 Å². The average molecular weight is 347 g/mol. The van der Waals surface area contributed by atoms with Crippen LogP contribution < -0.4 is 10.2 Å². The van der Waals surface area contributed by atoms with E-state index in [9.17, 15) is 0 Å². The molecule has 0 atom stereocenters. The summed E-state index contributed by atoms with van der Waals surface area (Å²) in [6, 6.07) is 2.57. The Balaban J connectivity index is 1.52. The third-order valence-electron chi connectivity index (χ3n) is 4.28. The van der Waals surface area contributed by atoms with E-state index in [1.807, 2.05) is 0 Å². The van der Waals surface area contributed by atoms with Gasteiger partial charge in [-0.2, -0.15) is 4.37 Å². The molecule has 0 aromatic carbocycles. The second-order valence-electron chi connectivity index (χ2n) is 6.74. The quantitative estimate of drug-likeness (QED) is 0.866. The maximum absolute atomic E-state index is 4.61. The van der Waals surface area contributed by atoms with Crippen molar-refractivity contribution in [2.24, 2.45) is 5.92 Å². The van der Waals surface area contributed by atoms with Crippen LogP contribution >= 0.6 is 11.5 Å². The van der Waals surface area contributed by atoms with Crippen molar-refractivity contribution >= 4 is 22.5 Å². The fourth-order valence-corrected chi connectivity index (χ4v) is 3.61. The molecule has 1 saturated heterocycles. The normalized spacial score (nSPS) is 15.9. The summed E-state index contributed by atoms with van der Waals surface area (Å²) in [5, 5.41) is 4.51. The van der Waals surface area contributed by atoms with E-state index in [0.717, 1.165) is 61.2 Å². The highest BCUT2D eigenvalue weighted by Gasteiger charge is 2.21. The van der Waals surface area contributed by atoms with Crippen LogP contribution in [-0.4, -0.2) is 38.5 Å². The molecule has 0 aliphatic carbocycles. The van der Waals surface area contributed by atoms with Crippen LogP contribution in [-0.2, 0) is 12.8 Å². The Morgan fingerprint density at radius 2 is 2.08 bits per heavy atom. The molecule has 0 spiro atoms. The molecule has 1 aliphatic heterocycles. The van der Waals surface area contributed by atoms with Gasteiger partial charge in [0, 0.05) is 48.8 Å². The number of hydrogen-bond acceptors (Lipinski definition) is 7. The minimum Gasteiger partial charge on any atom is -0.357 e. The molecular weight excluding hydrogens is 320 g/mol. The highest BCUT2D eigenvalue weighted by Crippen LogP contribution is 2.22. The van der Waals surface area contributed by atoms with Crippen LogP contribution in [0.4, 0.5) is 10.9 Å². The van der Waals surface area contributed by atoms with Crippen LogP contribution in [0.5, 0.6) is 0 Å². The summed E-state index contributed by atoms with van der Waals surface area (Å²) in [5.74, 6) is 2.61. The zero-order valence-corrected chi connectivity index (χ0v) is 15.5. The van der Waals surface area contributed by atoms with Crippen molar-refractivity contribution in [3.8, 4) is 0 Å². The van der Waals surface area contributed by atoms with Crippen molar-refractivity contribution in [2.75, 3.05) is 23.3 Å². The topological polar surface area (TPSA) is 66.8 Å².